The molecule has 0 saturated heterocycles. The first kappa shape index (κ1) is 16.0. The van der Waals surface area contributed by atoms with Crippen LogP contribution < -0.4 is 11.0 Å². The molecule has 3 aromatic rings. The predicted octanol–water partition coefficient (Wildman–Crippen LogP) is 1.81. The Bertz CT molecular complexity index is 1090. The Morgan fingerprint density at radius 3 is 2.96 bits per heavy atom. The fraction of sp³-hybridized carbons (Fsp3) is 0.158. The second-order valence-electron chi connectivity index (χ2n) is 6.05. The Kier molecular flexibility index (Phi) is 3.96. The lowest BCUT2D eigenvalue weighted by atomic mass is 9.99. The molecule has 1 aromatic carbocycles. The molecule has 0 fully saturated rings. The van der Waals surface area contributed by atoms with Gasteiger partial charge < -0.3 is 9.67 Å². The average Bonchev–Trinajstić information content (AvgIpc) is 2.67. The third-order valence-electron chi connectivity index (χ3n) is 4.45. The van der Waals surface area contributed by atoms with Gasteiger partial charge in [-0.05, 0) is 36.6 Å². The summed E-state index contributed by atoms with van der Waals surface area (Å²) in [6.45, 7) is 0.518. The van der Waals surface area contributed by atoms with Crippen LogP contribution in [-0.2, 0) is 13.0 Å². The molecule has 1 aliphatic rings. The van der Waals surface area contributed by atoms with E-state index in [9.17, 15) is 14.7 Å². The molecule has 130 valence electrons. The average molecular weight is 348 g/mol. The Morgan fingerprint density at radius 1 is 1.27 bits per heavy atom. The molecule has 2 aromatic heterocycles. The maximum atomic E-state index is 12.8. The van der Waals surface area contributed by atoms with Gasteiger partial charge in [-0.2, -0.15) is 5.10 Å². The van der Waals surface area contributed by atoms with Crippen molar-refractivity contribution in [1.82, 2.24) is 15.0 Å². The van der Waals surface area contributed by atoms with Crippen molar-refractivity contribution in [2.75, 3.05) is 0 Å². The highest BCUT2D eigenvalue weighted by Gasteiger charge is 2.24. The Balaban J connectivity index is 1.74. The largest absolute Gasteiger partial charge is 0.506 e. The van der Waals surface area contributed by atoms with Crippen LogP contribution in [0.4, 0.5) is 0 Å². The Hall–Kier alpha value is -3.48. The first-order valence-corrected chi connectivity index (χ1v) is 8.28. The smallest absolute Gasteiger partial charge is 0.280 e. The summed E-state index contributed by atoms with van der Waals surface area (Å²) in [5.74, 6) is -1.06. The summed E-state index contributed by atoms with van der Waals surface area (Å²) in [6.07, 6.45) is 4.63. The Morgan fingerprint density at radius 2 is 2.15 bits per heavy atom. The van der Waals surface area contributed by atoms with E-state index >= 15 is 0 Å². The van der Waals surface area contributed by atoms with Crippen molar-refractivity contribution < 1.29 is 9.90 Å². The number of hydrogen-bond acceptors (Lipinski definition) is 5. The number of benzene rings is 1. The second-order valence-corrected chi connectivity index (χ2v) is 6.05. The number of hydrazone groups is 1. The van der Waals surface area contributed by atoms with E-state index in [0.717, 1.165) is 18.4 Å². The summed E-state index contributed by atoms with van der Waals surface area (Å²) in [5.41, 5.74) is 3.76. The van der Waals surface area contributed by atoms with Crippen molar-refractivity contribution in [3.63, 3.8) is 0 Å². The highest BCUT2D eigenvalue weighted by atomic mass is 16.3. The van der Waals surface area contributed by atoms with Gasteiger partial charge in [-0.1, -0.05) is 18.2 Å². The lowest BCUT2D eigenvalue weighted by Gasteiger charge is -2.21. The van der Waals surface area contributed by atoms with Crippen LogP contribution in [0.1, 0.15) is 28.0 Å². The standard InChI is InChI=1S/C19H16N4O3/c24-17-14-8-3-5-12-6-4-10-23(16(12)14)19(26)15(17)18(25)22-21-11-13-7-1-2-9-20-13/h1-3,5,7-9,11,24H,4,6,10H2,(H,22,25)/b21-11+. The van der Waals surface area contributed by atoms with Gasteiger partial charge in [0.1, 0.15) is 11.3 Å². The quantitative estimate of drug-likeness (QED) is 0.557. The summed E-state index contributed by atoms with van der Waals surface area (Å²) in [7, 11) is 0. The fourth-order valence-corrected chi connectivity index (χ4v) is 3.29. The molecule has 3 heterocycles. The minimum absolute atomic E-state index is 0.297. The zero-order valence-electron chi connectivity index (χ0n) is 13.8. The van der Waals surface area contributed by atoms with Gasteiger partial charge in [0, 0.05) is 18.1 Å². The van der Waals surface area contributed by atoms with Crippen LogP contribution in [-0.4, -0.2) is 26.8 Å². The van der Waals surface area contributed by atoms with Crippen LogP contribution in [0.5, 0.6) is 5.75 Å². The number of nitrogens with one attached hydrogen (secondary N) is 1. The second kappa shape index (κ2) is 6.44. The SMILES string of the molecule is O=C(N/N=C/c1ccccn1)c1c(O)c2cccc3c2n(c1=O)CCC3. The van der Waals surface area contributed by atoms with Gasteiger partial charge in [-0.25, -0.2) is 5.43 Å². The van der Waals surface area contributed by atoms with E-state index in [-0.39, 0.29) is 11.3 Å². The zero-order chi connectivity index (χ0) is 18.1. The van der Waals surface area contributed by atoms with E-state index in [1.807, 2.05) is 12.1 Å². The van der Waals surface area contributed by atoms with E-state index in [2.05, 4.69) is 15.5 Å². The normalized spacial score (nSPS) is 13.2. The number of rotatable bonds is 3. The molecule has 0 spiro atoms. The lowest BCUT2D eigenvalue weighted by molar-refractivity contribution is 0.0950. The third-order valence-corrected chi connectivity index (χ3v) is 4.45. The monoisotopic (exact) mass is 348 g/mol. The van der Waals surface area contributed by atoms with Gasteiger partial charge >= 0.3 is 0 Å². The van der Waals surface area contributed by atoms with Gasteiger partial charge in [-0.15, -0.1) is 0 Å². The van der Waals surface area contributed by atoms with Crippen molar-refractivity contribution in [3.05, 3.63) is 69.8 Å². The molecule has 26 heavy (non-hydrogen) atoms. The molecule has 7 nitrogen and oxygen atoms in total. The molecule has 7 heteroatoms. The molecular weight excluding hydrogens is 332 g/mol. The molecule has 1 amide bonds. The topological polar surface area (TPSA) is 96.6 Å². The number of carbonyl (C=O) groups excluding carboxylic acids is 1. The van der Waals surface area contributed by atoms with Crippen molar-refractivity contribution in [2.24, 2.45) is 5.10 Å². The summed E-state index contributed by atoms with van der Waals surface area (Å²) < 4.78 is 1.56. The first-order chi connectivity index (χ1) is 12.7. The minimum atomic E-state index is -0.749. The van der Waals surface area contributed by atoms with Gasteiger partial charge in [0.2, 0.25) is 0 Å². The molecule has 0 saturated carbocycles. The van der Waals surface area contributed by atoms with Crippen molar-refractivity contribution >= 4 is 23.0 Å². The van der Waals surface area contributed by atoms with Crippen LogP contribution in [0.25, 0.3) is 10.9 Å². The van der Waals surface area contributed by atoms with Crippen molar-refractivity contribution in [2.45, 2.75) is 19.4 Å². The number of pyridine rings is 2. The predicted molar refractivity (Wildman–Crippen MR) is 97.5 cm³/mol. The molecule has 2 N–H and O–H groups in total. The molecule has 1 aliphatic heterocycles. The molecule has 4 rings (SSSR count). The van der Waals surface area contributed by atoms with Gasteiger partial charge in [0.15, 0.2) is 0 Å². The Labute approximate surface area is 148 Å². The number of aryl methyl sites for hydroxylation is 2. The van der Waals surface area contributed by atoms with E-state index in [1.54, 1.807) is 35.0 Å². The minimum Gasteiger partial charge on any atom is -0.506 e. The highest BCUT2D eigenvalue weighted by Crippen LogP contribution is 2.31. The number of aromatic hydroxyl groups is 1. The van der Waals surface area contributed by atoms with Crippen LogP contribution in [0.15, 0.2) is 52.5 Å². The first-order valence-electron chi connectivity index (χ1n) is 8.28. The number of carbonyl (C=O) groups is 1. The van der Waals surface area contributed by atoms with Gasteiger partial charge in [0.25, 0.3) is 11.5 Å². The molecule has 0 atom stereocenters. The number of aromatic nitrogens is 2. The van der Waals surface area contributed by atoms with E-state index in [0.29, 0.717) is 23.1 Å². The highest BCUT2D eigenvalue weighted by molar-refractivity contribution is 6.03. The van der Waals surface area contributed by atoms with E-state index in [1.165, 1.54) is 6.21 Å². The lowest BCUT2D eigenvalue weighted by Crippen LogP contribution is -2.33. The molecule has 0 unspecified atom stereocenters. The summed E-state index contributed by atoms with van der Waals surface area (Å²) in [4.78, 5) is 29.3. The van der Waals surface area contributed by atoms with Crippen LogP contribution >= 0.6 is 0 Å². The fourth-order valence-electron chi connectivity index (χ4n) is 3.29. The van der Waals surface area contributed by atoms with Crippen LogP contribution in [0.2, 0.25) is 0 Å². The maximum Gasteiger partial charge on any atom is 0.280 e. The van der Waals surface area contributed by atoms with E-state index in [4.69, 9.17) is 0 Å². The molecular formula is C19H16N4O3. The number of amides is 1. The summed E-state index contributed by atoms with van der Waals surface area (Å²) in [5, 5.41) is 14.9. The van der Waals surface area contributed by atoms with Gasteiger partial charge in [-0.3, -0.25) is 14.6 Å². The summed E-state index contributed by atoms with van der Waals surface area (Å²) in [6, 6.07) is 10.8. The van der Waals surface area contributed by atoms with Crippen molar-refractivity contribution in [1.29, 1.82) is 0 Å². The van der Waals surface area contributed by atoms with Crippen molar-refractivity contribution in [3.8, 4) is 5.75 Å². The van der Waals surface area contributed by atoms with Crippen LogP contribution in [0, 0.1) is 0 Å². The van der Waals surface area contributed by atoms with E-state index < -0.39 is 11.5 Å². The maximum absolute atomic E-state index is 12.8. The van der Waals surface area contributed by atoms with Crippen LogP contribution in [0.3, 0.4) is 0 Å². The number of hydrogen-bond donors (Lipinski definition) is 2. The number of para-hydroxylation sites is 1. The third kappa shape index (κ3) is 2.63. The molecule has 0 bridgehead atoms. The molecule has 0 aliphatic carbocycles. The van der Waals surface area contributed by atoms with Gasteiger partial charge in [0.05, 0.1) is 17.4 Å². The number of nitrogens with zero attached hydrogens (tertiary/aromatic N) is 3. The molecule has 0 radical (unpaired) electrons. The summed E-state index contributed by atoms with van der Waals surface area (Å²) >= 11 is 0. The zero-order valence-corrected chi connectivity index (χ0v) is 13.8.